The molecule has 8 nitrogen and oxygen atoms in total. The van der Waals surface area contributed by atoms with E-state index in [0.717, 1.165) is 16.9 Å². The first kappa shape index (κ1) is 26.3. The third kappa shape index (κ3) is 7.31. The highest BCUT2D eigenvalue weighted by atomic mass is 16.5. The highest BCUT2D eigenvalue weighted by Gasteiger charge is 2.23. The van der Waals surface area contributed by atoms with Crippen molar-refractivity contribution in [2.45, 2.75) is 19.6 Å². The fraction of sp³-hybridized carbons (Fsp3) is 0.370. The maximum absolute atomic E-state index is 10.5. The minimum absolute atomic E-state index is 0.153. The predicted molar refractivity (Wildman–Crippen MR) is 134 cm³/mol. The normalized spacial score (nSPS) is 11.9. The SMILES string of the molecule is C#CCOCC(O)CN(CCOC)Cc1c(C)nn(-c2ccccc2)c1Oc1ccccc1OC. The Kier molecular flexibility index (Phi) is 10.1. The molecule has 0 aliphatic rings. The molecule has 1 atom stereocenters. The summed E-state index contributed by atoms with van der Waals surface area (Å²) in [4.78, 5) is 2.09. The highest BCUT2D eigenvalue weighted by Crippen LogP contribution is 2.36. The highest BCUT2D eigenvalue weighted by molar-refractivity contribution is 5.47. The lowest BCUT2D eigenvalue weighted by molar-refractivity contribution is 0.0206. The lowest BCUT2D eigenvalue weighted by atomic mass is 10.2. The lowest BCUT2D eigenvalue weighted by Crippen LogP contribution is -2.36. The summed E-state index contributed by atoms with van der Waals surface area (Å²) < 4.78 is 24.3. The van der Waals surface area contributed by atoms with Gasteiger partial charge in [-0.1, -0.05) is 36.3 Å². The largest absolute Gasteiger partial charge is 0.493 e. The van der Waals surface area contributed by atoms with Gasteiger partial charge in [0.25, 0.3) is 0 Å². The standard InChI is InChI=1S/C27H33N3O5/c1-5-16-34-20-23(31)18-29(15-17-32-3)19-24-21(2)28-30(22-11-7-6-8-12-22)27(24)35-26-14-10-9-13-25(26)33-4/h1,6-14,23,31H,15-20H2,2-4H3. The van der Waals surface area contributed by atoms with E-state index < -0.39 is 6.10 Å². The summed E-state index contributed by atoms with van der Waals surface area (Å²) >= 11 is 0. The van der Waals surface area contributed by atoms with Crippen LogP contribution in [0.3, 0.4) is 0 Å². The summed E-state index contributed by atoms with van der Waals surface area (Å²) in [5.41, 5.74) is 2.59. The number of hydrogen-bond donors (Lipinski definition) is 1. The van der Waals surface area contributed by atoms with Crippen molar-refractivity contribution >= 4 is 0 Å². The predicted octanol–water partition coefficient (Wildman–Crippen LogP) is 3.44. The van der Waals surface area contributed by atoms with Crippen LogP contribution in [-0.4, -0.2) is 73.0 Å². The number of methoxy groups -OCH3 is 2. The monoisotopic (exact) mass is 479 g/mol. The van der Waals surface area contributed by atoms with Gasteiger partial charge in [0.15, 0.2) is 11.5 Å². The molecule has 1 heterocycles. The van der Waals surface area contributed by atoms with E-state index in [9.17, 15) is 5.11 Å². The number of benzene rings is 2. The van der Waals surface area contributed by atoms with Gasteiger partial charge in [0.1, 0.15) is 6.61 Å². The van der Waals surface area contributed by atoms with Crippen molar-refractivity contribution in [2.75, 3.05) is 47.1 Å². The van der Waals surface area contributed by atoms with Crippen molar-refractivity contribution in [1.82, 2.24) is 14.7 Å². The molecule has 0 spiro atoms. The van der Waals surface area contributed by atoms with Crippen LogP contribution in [0.25, 0.3) is 5.69 Å². The zero-order chi connectivity index (χ0) is 25.0. The second kappa shape index (κ2) is 13.5. The minimum Gasteiger partial charge on any atom is -0.493 e. The van der Waals surface area contributed by atoms with E-state index in [2.05, 4.69) is 10.8 Å². The third-order valence-corrected chi connectivity index (χ3v) is 5.37. The Balaban J connectivity index is 1.95. The number of hydrogen-bond acceptors (Lipinski definition) is 7. The molecule has 0 saturated heterocycles. The van der Waals surface area contributed by atoms with Gasteiger partial charge in [-0.3, -0.25) is 4.90 Å². The van der Waals surface area contributed by atoms with E-state index in [0.29, 0.717) is 43.6 Å². The summed E-state index contributed by atoms with van der Waals surface area (Å²) in [6.45, 7) is 4.23. The lowest BCUT2D eigenvalue weighted by Gasteiger charge is -2.25. The van der Waals surface area contributed by atoms with Crippen molar-refractivity contribution in [1.29, 1.82) is 0 Å². The Labute approximate surface area is 207 Å². The van der Waals surface area contributed by atoms with Crippen LogP contribution in [0, 0.1) is 19.3 Å². The summed E-state index contributed by atoms with van der Waals surface area (Å²) in [5, 5.41) is 15.3. The summed E-state index contributed by atoms with van der Waals surface area (Å²) in [6, 6.07) is 17.3. The first-order chi connectivity index (χ1) is 17.1. The second-order valence-electron chi connectivity index (χ2n) is 7.97. The van der Waals surface area contributed by atoms with Crippen LogP contribution >= 0.6 is 0 Å². The van der Waals surface area contributed by atoms with Crippen LogP contribution in [0.2, 0.25) is 0 Å². The number of aromatic nitrogens is 2. The summed E-state index contributed by atoms with van der Waals surface area (Å²) in [7, 11) is 3.26. The molecule has 0 bridgehead atoms. The second-order valence-corrected chi connectivity index (χ2v) is 7.97. The number of terminal acetylenes is 1. The average molecular weight is 480 g/mol. The number of aliphatic hydroxyl groups excluding tert-OH is 1. The number of ether oxygens (including phenoxy) is 4. The first-order valence-electron chi connectivity index (χ1n) is 11.4. The summed E-state index contributed by atoms with van der Waals surface area (Å²) in [5.74, 6) is 4.20. The third-order valence-electron chi connectivity index (χ3n) is 5.37. The topological polar surface area (TPSA) is 78.2 Å². The molecule has 0 aliphatic heterocycles. The van der Waals surface area contributed by atoms with Crippen LogP contribution in [0.4, 0.5) is 0 Å². The van der Waals surface area contributed by atoms with Gasteiger partial charge < -0.3 is 24.1 Å². The minimum atomic E-state index is -0.705. The van der Waals surface area contributed by atoms with Crippen molar-refractivity contribution in [3.05, 3.63) is 65.9 Å². The Morgan fingerprint density at radius 2 is 1.80 bits per heavy atom. The van der Waals surface area contributed by atoms with Gasteiger partial charge in [-0.2, -0.15) is 5.10 Å². The molecule has 0 aliphatic carbocycles. The van der Waals surface area contributed by atoms with E-state index in [4.69, 9.17) is 30.5 Å². The van der Waals surface area contributed by atoms with Crippen molar-refractivity contribution in [3.63, 3.8) is 0 Å². The van der Waals surface area contributed by atoms with Gasteiger partial charge in [0.05, 0.1) is 43.4 Å². The molecule has 35 heavy (non-hydrogen) atoms. The number of rotatable bonds is 14. The van der Waals surface area contributed by atoms with Crippen molar-refractivity contribution in [3.8, 4) is 35.4 Å². The molecule has 1 aromatic heterocycles. The smallest absolute Gasteiger partial charge is 0.227 e. The average Bonchev–Trinajstić information content (AvgIpc) is 3.18. The molecule has 2 aromatic carbocycles. The van der Waals surface area contributed by atoms with Gasteiger partial charge in [-0.15, -0.1) is 6.42 Å². The fourth-order valence-electron chi connectivity index (χ4n) is 3.66. The Morgan fingerprint density at radius 3 is 2.49 bits per heavy atom. The molecule has 8 heteroatoms. The quantitative estimate of drug-likeness (QED) is 0.280. The van der Waals surface area contributed by atoms with Crippen molar-refractivity contribution < 1.29 is 24.1 Å². The molecular formula is C27H33N3O5. The maximum atomic E-state index is 10.5. The van der Waals surface area contributed by atoms with Crippen LogP contribution < -0.4 is 9.47 Å². The van der Waals surface area contributed by atoms with Crippen LogP contribution in [0.15, 0.2) is 54.6 Å². The molecule has 1 N–H and O–H groups in total. The van der Waals surface area contributed by atoms with E-state index >= 15 is 0 Å². The molecule has 0 radical (unpaired) electrons. The van der Waals surface area contributed by atoms with Gasteiger partial charge in [0.2, 0.25) is 5.88 Å². The van der Waals surface area contributed by atoms with Gasteiger partial charge in [0, 0.05) is 26.7 Å². The van der Waals surface area contributed by atoms with Crippen LogP contribution in [-0.2, 0) is 16.0 Å². The number of nitrogens with zero attached hydrogens (tertiary/aromatic N) is 3. The zero-order valence-electron chi connectivity index (χ0n) is 20.5. The summed E-state index contributed by atoms with van der Waals surface area (Å²) in [6.07, 6.45) is 4.53. The zero-order valence-corrected chi connectivity index (χ0v) is 20.5. The molecule has 3 aromatic rings. The van der Waals surface area contributed by atoms with E-state index in [1.54, 1.807) is 18.9 Å². The number of aliphatic hydroxyl groups is 1. The molecule has 186 valence electrons. The Morgan fingerprint density at radius 1 is 1.09 bits per heavy atom. The Hall–Kier alpha value is -3.35. The first-order valence-corrected chi connectivity index (χ1v) is 11.4. The van der Waals surface area contributed by atoms with Crippen LogP contribution in [0.5, 0.6) is 17.4 Å². The maximum Gasteiger partial charge on any atom is 0.227 e. The van der Waals surface area contributed by atoms with Gasteiger partial charge >= 0.3 is 0 Å². The molecule has 3 rings (SSSR count). The van der Waals surface area contributed by atoms with E-state index in [1.807, 2.05) is 61.5 Å². The van der Waals surface area contributed by atoms with Gasteiger partial charge in [-0.05, 0) is 31.2 Å². The molecule has 0 amide bonds. The van der Waals surface area contributed by atoms with Gasteiger partial charge in [-0.25, -0.2) is 4.68 Å². The van der Waals surface area contributed by atoms with E-state index in [-0.39, 0.29) is 13.2 Å². The number of para-hydroxylation sites is 3. The van der Waals surface area contributed by atoms with Crippen molar-refractivity contribution in [2.24, 2.45) is 0 Å². The number of aryl methyl sites for hydroxylation is 1. The fourth-order valence-corrected chi connectivity index (χ4v) is 3.66. The molecular weight excluding hydrogens is 446 g/mol. The van der Waals surface area contributed by atoms with E-state index in [1.165, 1.54) is 0 Å². The molecule has 1 unspecified atom stereocenters. The Bertz CT molecular complexity index is 1090. The molecule has 0 saturated carbocycles. The molecule has 0 fully saturated rings. The van der Waals surface area contributed by atoms with Crippen LogP contribution in [0.1, 0.15) is 11.3 Å².